The van der Waals surface area contributed by atoms with Crippen molar-refractivity contribution >= 4 is 5.97 Å². The van der Waals surface area contributed by atoms with Gasteiger partial charge in [-0.2, -0.15) is 0 Å². The summed E-state index contributed by atoms with van der Waals surface area (Å²) in [6.07, 6.45) is 3.47. The fourth-order valence-corrected chi connectivity index (χ4v) is 2.53. The summed E-state index contributed by atoms with van der Waals surface area (Å²) in [5.74, 6) is 0.602. The molecule has 2 aliphatic rings. The van der Waals surface area contributed by atoms with E-state index in [1.165, 1.54) is 7.11 Å². The maximum absolute atomic E-state index is 11.7. The largest absolute Gasteiger partial charge is 0.468 e. The van der Waals surface area contributed by atoms with Gasteiger partial charge in [0.2, 0.25) is 0 Å². The number of rotatable bonds is 6. The van der Waals surface area contributed by atoms with Gasteiger partial charge in [0.05, 0.1) is 20.3 Å². The smallest absolute Gasteiger partial charge is 0.317 e. The van der Waals surface area contributed by atoms with Crippen molar-refractivity contribution in [3.05, 3.63) is 0 Å². The maximum atomic E-state index is 11.7. The van der Waals surface area contributed by atoms with Crippen LogP contribution < -0.4 is 5.32 Å². The molecule has 2 rings (SSSR count). The van der Waals surface area contributed by atoms with E-state index in [9.17, 15) is 4.79 Å². The molecule has 2 aliphatic heterocycles. The highest BCUT2D eigenvalue weighted by atomic mass is 16.5. The lowest BCUT2D eigenvalue weighted by atomic mass is 9.86. The van der Waals surface area contributed by atoms with Crippen LogP contribution in [0.2, 0.25) is 0 Å². The average molecular weight is 257 g/mol. The summed E-state index contributed by atoms with van der Waals surface area (Å²) < 4.78 is 15.3. The molecule has 0 unspecified atom stereocenters. The number of ether oxygens (including phenoxy) is 3. The third-order valence-electron chi connectivity index (χ3n) is 3.91. The molecular weight excluding hydrogens is 234 g/mol. The fourth-order valence-electron chi connectivity index (χ4n) is 2.53. The normalized spacial score (nSPS) is 23.4. The van der Waals surface area contributed by atoms with E-state index in [1.807, 2.05) is 0 Å². The Bertz CT molecular complexity index is 272. The van der Waals surface area contributed by atoms with Crippen LogP contribution in [0.1, 0.15) is 19.3 Å². The van der Waals surface area contributed by atoms with E-state index >= 15 is 0 Å². The average Bonchev–Trinajstić information content (AvgIpc) is 2.37. The first-order valence-electron chi connectivity index (χ1n) is 6.71. The number of carbonyl (C=O) groups excluding carboxylic acids is 1. The van der Waals surface area contributed by atoms with Crippen LogP contribution in [0.3, 0.4) is 0 Å². The first-order chi connectivity index (χ1) is 8.77. The Morgan fingerprint density at radius 2 is 2.06 bits per heavy atom. The van der Waals surface area contributed by atoms with Crippen LogP contribution in [0.25, 0.3) is 0 Å². The molecular formula is C13H23NO4. The minimum atomic E-state index is -0.440. The fraction of sp³-hybridized carbons (Fsp3) is 0.923. The van der Waals surface area contributed by atoms with Crippen LogP contribution in [0.4, 0.5) is 0 Å². The van der Waals surface area contributed by atoms with Gasteiger partial charge in [-0.25, -0.2) is 0 Å². The van der Waals surface area contributed by atoms with Crippen molar-refractivity contribution in [1.82, 2.24) is 5.32 Å². The number of carbonyl (C=O) groups is 1. The highest BCUT2D eigenvalue weighted by Gasteiger charge is 2.46. The molecule has 18 heavy (non-hydrogen) atoms. The molecule has 0 saturated carbocycles. The quantitative estimate of drug-likeness (QED) is 0.557. The van der Waals surface area contributed by atoms with Gasteiger partial charge in [0.15, 0.2) is 0 Å². The standard InChI is InChI=1S/C13H23NO4/c1-16-12(15)13(9-18-10-13)8-14-5-2-11-3-6-17-7-4-11/h11,14H,2-10H2,1H3. The lowest BCUT2D eigenvalue weighted by molar-refractivity contribution is -0.182. The zero-order chi connectivity index (χ0) is 12.8. The molecule has 5 heteroatoms. The van der Waals surface area contributed by atoms with E-state index in [2.05, 4.69) is 5.32 Å². The van der Waals surface area contributed by atoms with Crippen LogP contribution in [0.5, 0.6) is 0 Å². The number of esters is 1. The van der Waals surface area contributed by atoms with Gasteiger partial charge in [0.25, 0.3) is 0 Å². The molecule has 0 aromatic heterocycles. The summed E-state index contributed by atoms with van der Waals surface area (Å²) >= 11 is 0. The number of hydrogen-bond donors (Lipinski definition) is 1. The molecule has 104 valence electrons. The van der Waals surface area contributed by atoms with Crippen molar-refractivity contribution < 1.29 is 19.0 Å². The van der Waals surface area contributed by atoms with Gasteiger partial charge in [-0.3, -0.25) is 4.79 Å². The number of nitrogens with one attached hydrogen (secondary N) is 1. The van der Waals surface area contributed by atoms with E-state index < -0.39 is 5.41 Å². The Kier molecular flexibility index (Phi) is 4.97. The van der Waals surface area contributed by atoms with Crippen LogP contribution >= 0.6 is 0 Å². The molecule has 0 aromatic carbocycles. The molecule has 0 aromatic rings. The number of methoxy groups -OCH3 is 1. The van der Waals surface area contributed by atoms with Gasteiger partial charge in [-0.1, -0.05) is 0 Å². The van der Waals surface area contributed by atoms with Crippen LogP contribution in [0.15, 0.2) is 0 Å². The van der Waals surface area contributed by atoms with Crippen LogP contribution in [0, 0.1) is 11.3 Å². The first kappa shape index (κ1) is 13.8. The second-order valence-corrected chi connectivity index (χ2v) is 5.29. The third-order valence-corrected chi connectivity index (χ3v) is 3.91. The summed E-state index contributed by atoms with van der Waals surface area (Å²) in [7, 11) is 1.43. The van der Waals surface area contributed by atoms with Crippen molar-refractivity contribution in [2.24, 2.45) is 11.3 Å². The Labute approximate surface area is 108 Å². The SMILES string of the molecule is COC(=O)C1(CNCCC2CCOCC2)COC1. The molecule has 0 radical (unpaired) electrons. The zero-order valence-corrected chi connectivity index (χ0v) is 11.1. The minimum absolute atomic E-state index is 0.160. The summed E-state index contributed by atoms with van der Waals surface area (Å²) in [5.41, 5.74) is -0.440. The van der Waals surface area contributed by atoms with Gasteiger partial charge in [0.1, 0.15) is 5.41 Å². The van der Waals surface area contributed by atoms with Gasteiger partial charge < -0.3 is 19.5 Å². The summed E-state index contributed by atoms with van der Waals surface area (Å²) in [4.78, 5) is 11.7. The first-order valence-corrected chi connectivity index (χ1v) is 6.71. The third kappa shape index (κ3) is 3.22. The second-order valence-electron chi connectivity index (χ2n) is 5.29. The number of hydrogen-bond acceptors (Lipinski definition) is 5. The van der Waals surface area contributed by atoms with E-state index in [1.54, 1.807) is 0 Å². The lowest BCUT2D eigenvalue weighted by Gasteiger charge is -2.38. The minimum Gasteiger partial charge on any atom is -0.468 e. The maximum Gasteiger partial charge on any atom is 0.317 e. The Morgan fingerprint density at radius 3 is 2.61 bits per heavy atom. The van der Waals surface area contributed by atoms with E-state index in [0.717, 1.165) is 44.9 Å². The molecule has 1 N–H and O–H groups in total. The van der Waals surface area contributed by atoms with E-state index in [4.69, 9.17) is 14.2 Å². The molecule has 0 amide bonds. The van der Waals surface area contributed by atoms with Gasteiger partial charge in [0, 0.05) is 19.8 Å². The monoisotopic (exact) mass is 257 g/mol. The van der Waals surface area contributed by atoms with Gasteiger partial charge in [-0.05, 0) is 31.7 Å². The molecule has 0 bridgehead atoms. The molecule has 0 spiro atoms. The van der Waals surface area contributed by atoms with Gasteiger partial charge >= 0.3 is 5.97 Å². The predicted octanol–water partition coefficient (Wildman–Crippen LogP) is 0.582. The van der Waals surface area contributed by atoms with Crippen molar-refractivity contribution in [2.45, 2.75) is 19.3 Å². The molecule has 5 nitrogen and oxygen atoms in total. The molecule has 2 fully saturated rings. The molecule has 2 heterocycles. The molecule has 2 saturated heterocycles. The van der Waals surface area contributed by atoms with Crippen molar-refractivity contribution in [1.29, 1.82) is 0 Å². The zero-order valence-electron chi connectivity index (χ0n) is 11.1. The van der Waals surface area contributed by atoms with Crippen LogP contribution in [-0.2, 0) is 19.0 Å². The second kappa shape index (κ2) is 6.50. The summed E-state index contributed by atoms with van der Waals surface area (Å²) in [6.45, 7) is 4.34. The Hall–Kier alpha value is -0.650. The lowest BCUT2D eigenvalue weighted by Crippen LogP contribution is -2.55. The van der Waals surface area contributed by atoms with E-state index in [0.29, 0.717) is 19.8 Å². The summed E-state index contributed by atoms with van der Waals surface area (Å²) in [5, 5.41) is 3.37. The summed E-state index contributed by atoms with van der Waals surface area (Å²) in [6, 6.07) is 0. The van der Waals surface area contributed by atoms with Crippen molar-refractivity contribution in [3.8, 4) is 0 Å². The Morgan fingerprint density at radius 1 is 1.33 bits per heavy atom. The van der Waals surface area contributed by atoms with E-state index in [-0.39, 0.29) is 5.97 Å². The predicted molar refractivity (Wildman–Crippen MR) is 66.3 cm³/mol. The molecule has 0 aliphatic carbocycles. The van der Waals surface area contributed by atoms with Gasteiger partial charge in [-0.15, -0.1) is 0 Å². The topological polar surface area (TPSA) is 56.8 Å². The molecule has 0 atom stereocenters. The van der Waals surface area contributed by atoms with Crippen LogP contribution in [-0.4, -0.2) is 52.6 Å². The Balaban J connectivity index is 1.63. The highest BCUT2D eigenvalue weighted by molar-refractivity contribution is 5.78. The van der Waals surface area contributed by atoms with Crippen molar-refractivity contribution in [2.75, 3.05) is 46.6 Å². The van der Waals surface area contributed by atoms with Crippen molar-refractivity contribution in [3.63, 3.8) is 0 Å². The highest BCUT2D eigenvalue weighted by Crippen LogP contribution is 2.28.